The zero-order chi connectivity index (χ0) is 13.3. The fourth-order valence-corrected chi connectivity index (χ4v) is 2.71. The average Bonchev–Trinajstić information content (AvgIpc) is 2.29. The highest BCUT2D eigenvalue weighted by atomic mass is 16.5. The van der Waals surface area contributed by atoms with Crippen molar-refractivity contribution < 1.29 is 19.7 Å². The molecule has 0 atom stereocenters. The van der Waals surface area contributed by atoms with E-state index in [1.165, 1.54) is 7.11 Å². The van der Waals surface area contributed by atoms with Gasteiger partial charge in [0.25, 0.3) is 0 Å². The Morgan fingerprint density at radius 1 is 1.44 bits per heavy atom. The number of hydrogen-bond acceptors (Lipinski definition) is 3. The molecule has 4 heteroatoms. The van der Waals surface area contributed by atoms with Crippen molar-refractivity contribution >= 4 is 5.97 Å². The van der Waals surface area contributed by atoms with E-state index < -0.39 is 11.4 Å². The second-order valence-corrected chi connectivity index (χ2v) is 4.74. The second kappa shape index (κ2) is 4.52. The van der Waals surface area contributed by atoms with E-state index in [-0.39, 0.29) is 5.75 Å². The van der Waals surface area contributed by atoms with Gasteiger partial charge in [0.05, 0.1) is 12.5 Å². The Labute approximate surface area is 106 Å². The number of aromatic hydroxyl groups is 1. The first-order chi connectivity index (χ1) is 8.56. The van der Waals surface area contributed by atoms with Crippen LogP contribution in [0.4, 0.5) is 0 Å². The Balaban J connectivity index is 2.64. The fourth-order valence-electron chi connectivity index (χ4n) is 2.71. The summed E-state index contributed by atoms with van der Waals surface area (Å²) in [6.45, 7) is 1.96. The van der Waals surface area contributed by atoms with Gasteiger partial charge in [0.2, 0.25) is 0 Å². The van der Waals surface area contributed by atoms with Crippen LogP contribution in [0.15, 0.2) is 12.1 Å². The van der Waals surface area contributed by atoms with E-state index in [1.54, 1.807) is 6.07 Å². The normalized spacial score (nSPS) is 17.0. The van der Waals surface area contributed by atoms with Gasteiger partial charge in [0.15, 0.2) is 11.5 Å². The van der Waals surface area contributed by atoms with Crippen LogP contribution in [0.5, 0.6) is 11.5 Å². The number of hydrogen-bond donors (Lipinski definition) is 2. The molecule has 4 nitrogen and oxygen atoms in total. The molecule has 1 aliphatic rings. The number of carboxylic acids is 1. The van der Waals surface area contributed by atoms with Crippen LogP contribution < -0.4 is 4.74 Å². The third kappa shape index (κ3) is 1.64. The van der Waals surface area contributed by atoms with Crippen molar-refractivity contribution in [2.24, 2.45) is 0 Å². The molecular weight excluding hydrogens is 232 g/mol. The maximum Gasteiger partial charge on any atom is 0.314 e. The largest absolute Gasteiger partial charge is 0.504 e. The summed E-state index contributed by atoms with van der Waals surface area (Å²) in [6, 6.07) is 3.53. The maximum atomic E-state index is 11.6. The Kier molecular flexibility index (Phi) is 3.20. The van der Waals surface area contributed by atoms with Crippen molar-refractivity contribution in [2.75, 3.05) is 7.11 Å². The Bertz CT molecular complexity index is 475. The predicted octanol–water partition coefficient (Wildman–Crippen LogP) is 2.47. The Morgan fingerprint density at radius 2 is 2.11 bits per heavy atom. The molecule has 2 N–H and O–H groups in total. The quantitative estimate of drug-likeness (QED) is 0.861. The number of ether oxygens (including phenoxy) is 1. The molecule has 0 aliphatic heterocycles. The van der Waals surface area contributed by atoms with Crippen LogP contribution in [-0.2, 0) is 16.6 Å². The molecule has 0 unspecified atom stereocenters. The third-order valence-electron chi connectivity index (χ3n) is 3.92. The summed E-state index contributed by atoms with van der Waals surface area (Å²) in [4.78, 5) is 11.6. The third-order valence-corrected chi connectivity index (χ3v) is 3.92. The zero-order valence-electron chi connectivity index (χ0n) is 10.7. The molecule has 1 saturated carbocycles. The molecule has 2 rings (SSSR count). The van der Waals surface area contributed by atoms with Gasteiger partial charge in [-0.3, -0.25) is 4.79 Å². The first-order valence-electron chi connectivity index (χ1n) is 6.19. The van der Waals surface area contributed by atoms with E-state index in [1.807, 2.05) is 13.0 Å². The van der Waals surface area contributed by atoms with E-state index >= 15 is 0 Å². The second-order valence-electron chi connectivity index (χ2n) is 4.74. The molecule has 1 aromatic rings. The number of methoxy groups -OCH3 is 1. The van der Waals surface area contributed by atoms with Gasteiger partial charge in [-0.05, 0) is 30.9 Å². The zero-order valence-corrected chi connectivity index (χ0v) is 10.7. The molecule has 0 amide bonds. The van der Waals surface area contributed by atoms with Crippen LogP contribution in [0.1, 0.15) is 37.3 Å². The van der Waals surface area contributed by atoms with Crippen LogP contribution in [-0.4, -0.2) is 23.3 Å². The molecule has 0 aromatic heterocycles. The van der Waals surface area contributed by atoms with Gasteiger partial charge in [0, 0.05) is 5.56 Å². The minimum Gasteiger partial charge on any atom is -0.504 e. The van der Waals surface area contributed by atoms with Crippen molar-refractivity contribution in [3.63, 3.8) is 0 Å². The number of phenols is 1. The van der Waals surface area contributed by atoms with Crippen molar-refractivity contribution in [3.8, 4) is 11.5 Å². The van der Waals surface area contributed by atoms with Gasteiger partial charge in [0.1, 0.15) is 0 Å². The standard InChI is InChI=1S/C14H18O4/c1-3-9-5-6-10(18-2)12(15)11(9)14(13(16)17)7-4-8-14/h5-6,15H,3-4,7-8H2,1-2H3,(H,16,17). The lowest BCUT2D eigenvalue weighted by Gasteiger charge is -2.39. The molecule has 0 bridgehead atoms. The van der Waals surface area contributed by atoms with Crippen LogP contribution in [0, 0.1) is 0 Å². The van der Waals surface area contributed by atoms with E-state index in [0.29, 0.717) is 30.6 Å². The van der Waals surface area contributed by atoms with Crippen molar-refractivity contribution in [2.45, 2.75) is 38.0 Å². The highest BCUT2D eigenvalue weighted by Gasteiger charge is 2.49. The summed E-state index contributed by atoms with van der Waals surface area (Å²) in [7, 11) is 1.47. The van der Waals surface area contributed by atoms with E-state index in [4.69, 9.17) is 4.74 Å². The minimum absolute atomic E-state index is 0.0149. The molecule has 1 fully saturated rings. The Hall–Kier alpha value is -1.71. The summed E-state index contributed by atoms with van der Waals surface area (Å²) in [5, 5.41) is 19.8. The lowest BCUT2D eigenvalue weighted by molar-refractivity contribution is -0.147. The molecule has 1 aliphatic carbocycles. The Morgan fingerprint density at radius 3 is 2.50 bits per heavy atom. The predicted molar refractivity (Wildman–Crippen MR) is 67.2 cm³/mol. The van der Waals surface area contributed by atoms with Crippen molar-refractivity contribution in [3.05, 3.63) is 23.3 Å². The van der Waals surface area contributed by atoms with Gasteiger partial charge in [-0.25, -0.2) is 0 Å². The molecule has 1 aromatic carbocycles. The summed E-state index contributed by atoms with van der Waals surface area (Å²) >= 11 is 0. The van der Waals surface area contributed by atoms with Crippen molar-refractivity contribution in [1.29, 1.82) is 0 Å². The summed E-state index contributed by atoms with van der Waals surface area (Å²) in [5.74, 6) is -0.527. The molecule has 98 valence electrons. The van der Waals surface area contributed by atoms with Gasteiger partial charge in [-0.15, -0.1) is 0 Å². The highest BCUT2D eigenvalue weighted by Crippen LogP contribution is 2.51. The number of phenolic OH excluding ortho intramolecular Hbond substituents is 1. The van der Waals surface area contributed by atoms with Gasteiger partial charge >= 0.3 is 5.97 Å². The molecule has 0 spiro atoms. The van der Waals surface area contributed by atoms with E-state index in [9.17, 15) is 15.0 Å². The number of carboxylic acid groups (broad SMARTS) is 1. The number of aliphatic carboxylic acids is 1. The fraction of sp³-hybridized carbons (Fsp3) is 0.500. The minimum atomic E-state index is -0.927. The monoisotopic (exact) mass is 250 g/mol. The SMILES string of the molecule is CCc1ccc(OC)c(O)c1C1(C(=O)O)CCC1. The first-order valence-corrected chi connectivity index (χ1v) is 6.19. The molecule has 0 heterocycles. The molecular formula is C14H18O4. The number of carbonyl (C=O) groups is 1. The number of rotatable bonds is 4. The van der Waals surface area contributed by atoms with Gasteiger partial charge < -0.3 is 14.9 Å². The molecule has 0 radical (unpaired) electrons. The average molecular weight is 250 g/mol. The topological polar surface area (TPSA) is 66.8 Å². The van der Waals surface area contributed by atoms with Crippen molar-refractivity contribution in [1.82, 2.24) is 0 Å². The van der Waals surface area contributed by atoms with Crippen LogP contribution in [0.3, 0.4) is 0 Å². The van der Waals surface area contributed by atoms with E-state index in [0.717, 1.165) is 12.0 Å². The lowest BCUT2D eigenvalue weighted by Crippen LogP contribution is -2.43. The number of aryl methyl sites for hydroxylation is 1. The first kappa shape index (κ1) is 12.7. The van der Waals surface area contributed by atoms with E-state index in [2.05, 4.69) is 0 Å². The van der Waals surface area contributed by atoms with Gasteiger partial charge in [-0.1, -0.05) is 19.4 Å². The smallest absolute Gasteiger partial charge is 0.314 e. The van der Waals surface area contributed by atoms with Gasteiger partial charge in [-0.2, -0.15) is 0 Å². The lowest BCUT2D eigenvalue weighted by atomic mass is 9.63. The van der Waals surface area contributed by atoms with Crippen LogP contribution in [0.25, 0.3) is 0 Å². The maximum absolute atomic E-state index is 11.6. The van der Waals surface area contributed by atoms with Crippen LogP contribution in [0.2, 0.25) is 0 Å². The molecule has 0 saturated heterocycles. The van der Waals surface area contributed by atoms with Crippen LogP contribution >= 0.6 is 0 Å². The number of benzene rings is 1. The highest BCUT2D eigenvalue weighted by molar-refractivity contribution is 5.85. The summed E-state index contributed by atoms with van der Waals surface area (Å²) < 4.78 is 5.09. The summed E-state index contributed by atoms with van der Waals surface area (Å²) in [5.41, 5.74) is 0.503. The molecule has 18 heavy (non-hydrogen) atoms. The summed E-state index contributed by atoms with van der Waals surface area (Å²) in [6.07, 6.45) is 2.74.